The Bertz CT molecular complexity index is 1130. The minimum Gasteiger partial charge on any atom is -0.480 e. The lowest BCUT2D eigenvalue weighted by molar-refractivity contribution is -0.142. The molecule has 4 N–H and O–H groups in total. The summed E-state index contributed by atoms with van der Waals surface area (Å²) in [4.78, 5) is 35.9. The van der Waals surface area contributed by atoms with Gasteiger partial charge in [-0.15, -0.1) is 11.3 Å². The van der Waals surface area contributed by atoms with Gasteiger partial charge in [-0.25, -0.2) is 14.4 Å². The van der Waals surface area contributed by atoms with Gasteiger partial charge < -0.3 is 19.7 Å². The van der Waals surface area contributed by atoms with Crippen LogP contribution >= 0.6 is 19.1 Å². The van der Waals surface area contributed by atoms with Crippen molar-refractivity contribution in [2.45, 2.75) is 45.4 Å². The van der Waals surface area contributed by atoms with Gasteiger partial charge in [-0.2, -0.15) is 0 Å². The van der Waals surface area contributed by atoms with Crippen molar-refractivity contribution in [3.63, 3.8) is 0 Å². The molecule has 1 amide bonds. The van der Waals surface area contributed by atoms with Crippen molar-refractivity contribution < 1.29 is 33.1 Å². The van der Waals surface area contributed by atoms with Gasteiger partial charge in [0.05, 0.1) is 18.9 Å². The molecular formula is C24H29N2O7PS. The standard InChI is InChI=1S/C24H29N2O7PS/c1-16(2)13-20(26-34(30,31)33-15-19-5-4-12-35-19)23(27)25-21(24(28)29)14-17-7-9-18(10-8-17)22-6-3-11-32-22/h3-12,16,20-21H,13-15H2,1-2H3,(H,25,27)(H,28,29)(H2,26,30,31)/t20-,21-/m0/s1. The van der Waals surface area contributed by atoms with Gasteiger partial charge in [0.15, 0.2) is 0 Å². The van der Waals surface area contributed by atoms with Crippen molar-refractivity contribution in [1.29, 1.82) is 0 Å². The van der Waals surface area contributed by atoms with E-state index >= 15 is 0 Å². The van der Waals surface area contributed by atoms with Crippen molar-refractivity contribution in [2.24, 2.45) is 5.92 Å². The smallest absolute Gasteiger partial charge is 0.403 e. The maximum atomic E-state index is 13.0. The first-order valence-corrected chi connectivity index (χ1v) is 13.5. The summed E-state index contributed by atoms with van der Waals surface area (Å²) in [5.41, 5.74) is 1.55. The van der Waals surface area contributed by atoms with Crippen LogP contribution in [0.3, 0.4) is 0 Å². The van der Waals surface area contributed by atoms with Crippen molar-refractivity contribution in [3.8, 4) is 11.3 Å². The zero-order valence-electron chi connectivity index (χ0n) is 19.4. The molecule has 3 aromatic rings. The number of carboxylic acid groups (broad SMARTS) is 1. The van der Waals surface area contributed by atoms with Crippen LogP contribution in [0, 0.1) is 5.92 Å². The van der Waals surface area contributed by atoms with Gasteiger partial charge >= 0.3 is 13.7 Å². The van der Waals surface area contributed by atoms with E-state index in [0.29, 0.717) is 11.3 Å². The molecule has 0 bridgehead atoms. The first kappa shape index (κ1) is 26.8. The highest BCUT2D eigenvalue weighted by Crippen LogP contribution is 2.39. The minimum absolute atomic E-state index is 0.00651. The van der Waals surface area contributed by atoms with Gasteiger partial charge in [-0.05, 0) is 41.5 Å². The van der Waals surface area contributed by atoms with Crippen LogP contribution in [0.1, 0.15) is 30.7 Å². The zero-order chi connectivity index (χ0) is 25.4. The van der Waals surface area contributed by atoms with E-state index in [1.807, 2.05) is 37.4 Å². The summed E-state index contributed by atoms with van der Waals surface area (Å²) >= 11 is 1.38. The summed E-state index contributed by atoms with van der Waals surface area (Å²) < 4.78 is 23.1. The normalized spacial score (nSPS) is 14.9. The highest BCUT2D eigenvalue weighted by atomic mass is 32.1. The van der Waals surface area contributed by atoms with Crippen molar-refractivity contribution in [2.75, 3.05) is 0 Å². The molecule has 0 aliphatic heterocycles. The Labute approximate surface area is 207 Å². The summed E-state index contributed by atoms with van der Waals surface area (Å²) in [6.45, 7) is 3.62. The summed E-state index contributed by atoms with van der Waals surface area (Å²) in [5.74, 6) is -1.21. The first-order chi connectivity index (χ1) is 16.6. The van der Waals surface area contributed by atoms with Crippen LogP contribution in [0.2, 0.25) is 0 Å². The molecule has 188 valence electrons. The summed E-state index contributed by atoms with van der Waals surface area (Å²) in [5, 5.41) is 16.4. The number of furan rings is 1. The predicted octanol–water partition coefficient (Wildman–Crippen LogP) is 4.44. The van der Waals surface area contributed by atoms with E-state index in [1.165, 1.54) is 11.3 Å². The molecule has 3 atom stereocenters. The number of hydrogen-bond donors (Lipinski definition) is 4. The number of amides is 1. The molecule has 35 heavy (non-hydrogen) atoms. The van der Waals surface area contributed by atoms with E-state index in [0.717, 1.165) is 10.4 Å². The second-order valence-corrected chi connectivity index (χ2v) is 11.1. The van der Waals surface area contributed by atoms with E-state index in [-0.39, 0.29) is 25.4 Å². The van der Waals surface area contributed by atoms with E-state index < -0.39 is 31.7 Å². The molecule has 2 heterocycles. The fraction of sp³-hybridized carbons (Fsp3) is 0.333. The quantitative estimate of drug-likeness (QED) is 0.243. The molecule has 9 nitrogen and oxygen atoms in total. The third kappa shape index (κ3) is 8.45. The second kappa shape index (κ2) is 12.3. The molecule has 0 aliphatic carbocycles. The molecule has 2 aromatic heterocycles. The highest BCUT2D eigenvalue weighted by Gasteiger charge is 2.32. The van der Waals surface area contributed by atoms with Crippen molar-refractivity contribution in [3.05, 3.63) is 70.6 Å². The second-order valence-electron chi connectivity index (χ2n) is 8.46. The molecule has 0 spiro atoms. The highest BCUT2D eigenvalue weighted by molar-refractivity contribution is 7.50. The first-order valence-electron chi connectivity index (χ1n) is 11.1. The van der Waals surface area contributed by atoms with E-state index in [4.69, 9.17) is 8.94 Å². The molecular weight excluding hydrogens is 491 g/mol. The van der Waals surface area contributed by atoms with Gasteiger partial charge in [0.25, 0.3) is 0 Å². The van der Waals surface area contributed by atoms with Crippen molar-refractivity contribution in [1.82, 2.24) is 10.4 Å². The van der Waals surface area contributed by atoms with Crippen LogP contribution in [0.4, 0.5) is 0 Å². The SMILES string of the molecule is CC(C)C[C@H](NP(=O)(O)OCc1cccs1)C(=O)N[C@@H](Cc1ccc(-c2ccco2)cc1)C(=O)O. The number of carboxylic acids is 1. The van der Waals surface area contributed by atoms with Crippen LogP contribution < -0.4 is 10.4 Å². The van der Waals surface area contributed by atoms with E-state index in [9.17, 15) is 24.2 Å². The van der Waals surface area contributed by atoms with Gasteiger partial charge in [0.2, 0.25) is 5.91 Å². The fourth-order valence-electron chi connectivity index (χ4n) is 3.43. The number of nitrogens with one attached hydrogen (secondary N) is 2. The summed E-state index contributed by atoms with van der Waals surface area (Å²) in [6, 6.07) is 12.0. The number of hydrogen-bond acceptors (Lipinski definition) is 6. The Hall–Kier alpha value is -2.75. The van der Waals surface area contributed by atoms with Crippen molar-refractivity contribution >= 4 is 31.0 Å². The Balaban J connectivity index is 1.65. The lowest BCUT2D eigenvalue weighted by Gasteiger charge is -2.24. The average molecular weight is 521 g/mol. The van der Waals surface area contributed by atoms with Crippen LogP contribution in [0.15, 0.2) is 64.6 Å². The van der Waals surface area contributed by atoms with E-state index in [2.05, 4.69) is 10.4 Å². The van der Waals surface area contributed by atoms with Gasteiger partial charge in [-0.1, -0.05) is 44.2 Å². The van der Waals surface area contributed by atoms with Gasteiger partial charge in [-0.3, -0.25) is 9.32 Å². The van der Waals surface area contributed by atoms with Gasteiger partial charge in [0, 0.05) is 16.9 Å². The largest absolute Gasteiger partial charge is 0.480 e. The molecule has 11 heteroatoms. The zero-order valence-corrected chi connectivity index (χ0v) is 21.1. The Kier molecular flexibility index (Phi) is 9.42. The molecule has 1 unspecified atom stereocenters. The molecule has 0 saturated heterocycles. The molecule has 0 radical (unpaired) electrons. The molecule has 3 rings (SSSR count). The predicted molar refractivity (Wildman–Crippen MR) is 133 cm³/mol. The number of thiophene rings is 1. The monoisotopic (exact) mass is 520 g/mol. The average Bonchev–Trinajstić information content (AvgIpc) is 3.51. The van der Waals surface area contributed by atoms with E-state index in [1.54, 1.807) is 36.6 Å². The summed E-state index contributed by atoms with van der Waals surface area (Å²) in [7, 11) is -4.32. The van der Waals surface area contributed by atoms with Crippen LogP contribution in [-0.4, -0.2) is 34.0 Å². The lowest BCUT2D eigenvalue weighted by Crippen LogP contribution is -2.50. The number of carbonyl (C=O) groups is 2. The minimum atomic E-state index is -4.32. The summed E-state index contributed by atoms with van der Waals surface area (Å²) in [6.07, 6.45) is 1.82. The molecule has 0 saturated carbocycles. The topological polar surface area (TPSA) is 138 Å². The lowest BCUT2D eigenvalue weighted by atomic mass is 10.0. The Morgan fingerprint density at radius 2 is 1.86 bits per heavy atom. The fourth-order valence-corrected chi connectivity index (χ4v) is 5.13. The number of rotatable bonds is 13. The van der Waals surface area contributed by atoms with Crippen LogP contribution in [-0.2, 0) is 31.7 Å². The van der Waals surface area contributed by atoms with Crippen LogP contribution in [0.5, 0.6) is 0 Å². The maximum Gasteiger partial charge on any atom is 0.403 e. The Morgan fingerprint density at radius 1 is 1.11 bits per heavy atom. The number of carbonyl (C=O) groups excluding carboxylic acids is 1. The maximum absolute atomic E-state index is 13.0. The van der Waals surface area contributed by atoms with Gasteiger partial charge in [0.1, 0.15) is 11.8 Å². The molecule has 1 aromatic carbocycles. The number of benzene rings is 1. The number of aliphatic carboxylic acids is 1. The Morgan fingerprint density at radius 3 is 2.43 bits per heavy atom. The molecule has 0 aliphatic rings. The van der Waals surface area contributed by atoms with Crippen LogP contribution in [0.25, 0.3) is 11.3 Å². The third-order valence-corrected chi connectivity index (χ3v) is 7.09. The third-order valence-electron chi connectivity index (χ3n) is 5.12. The molecule has 0 fully saturated rings.